The maximum Gasteiger partial charge on any atom is 0.149 e. The number of nitrogens with one attached hydrogen (secondary N) is 1. The van der Waals surface area contributed by atoms with Crippen molar-refractivity contribution in [1.82, 2.24) is 15.1 Å². The predicted octanol–water partition coefficient (Wildman–Crippen LogP) is -0.197. The van der Waals surface area contributed by atoms with Crippen LogP contribution in [0.25, 0.3) is 0 Å². The van der Waals surface area contributed by atoms with E-state index in [-0.39, 0.29) is 0 Å². The van der Waals surface area contributed by atoms with Crippen LogP contribution in [-0.2, 0) is 4.79 Å². The summed E-state index contributed by atoms with van der Waals surface area (Å²) in [7, 11) is 2.14. The number of hydrogen-bond donors (Lipinski definition) is 1. The van der Waals surface area contributed by atoms with Gasteiger partial charge in [-0.3, -0.25) is 9.69 Å². The van der Waals surface area contributed by atoms with Gasteiger partial charge in [0.1, 0.15) is 5.78 Å². The second kappa shape index (κ2) is 5.75. The Kier molecular flexibility index (Phi) is 4.32. The number of piperazine rings is 1. The van der Waals surface area contributed by atoms with Crippen molar-refractivity contribution in [3.8, 4) is 0 Å². The smallest absolute Gasteiger partial charge is 0.149 e. The van der Waals surface area contributed by atoms with Crippen LogP contribution in [0, 0.1) is 5.92 Å². The van der Waals surface area contributed by atoms with E-state index in [2.05, 4.69) is 22.2 Å². The number of ketones is 1. The molecule has 0 radical (unpaired) electrons. The average Bonchev–Trinajstić information content (AvgIpc) is 2.33. The highest BCUT2D eigenvalue weighted by molar-refractivity contribution is 5.83. The van der Waals surface area contributed by atoms with E-state index in [1.165, 1.54) is 0 Å². The second-order valence-electron chi connectivity index (χ2n) is 5.07. The summed E-state index contributed by atoms with van der Waals surface area (Å²) in [5.74, 6) is 0.784. The lowest BCUT2D eigenvalue weighted by atomic mass is 9.93. The molecule has 0 aromatic rings. The fourth-order valence-electron chi connectivity index (χ4n) is 2.50. The standard InChI is InChI=1S/C12H23N3O/c1-14-6-8-15(9-7-14)10-12(16)11-2-4-13-5-3-11/h11,13H,2-10H2,1H3. The Morgan fingerprint density at radius 2 is 1.81 bits per heavy atom. The quantitative estimate of drug-likeness (QED) is 0.722. The fourth-order valence-corrected chi connectivity index (χ4v) is 2.50. The SMILES string of the molecule is CN1CCN(CC(=O)C2CCNCC2)CC1. The summed E-state index contributed by atoms with van der Waals surface area (Å²) < 4.78 is 0. The lowest BCUT2D eigenvalue weighted by molar-refractivity contribution is -0.125. The molecule has 0 aliphatic carbocycles. The summed E-state index contributed by atoms with van der Waals surface area (Å²) in [6.45, 7) is 7.00. The van der Waals surface area contributed by atoms with Gasteiger partial charge in [-0.2, -0.15) is 0 Å². The largest absolute Gasteiger partial charge is 0.317 e. The number of piperidine rings is 1. The van der Waals surface area contributed by atoms with Gasteiger partial charge in [0, 0.05) is 32.1 Å². The molecule has 2 saturated heterocycles. The Bertz CT molecular complexity index is 230. The van der Waals surface area contributed by atoms with Gasteiger partial charge in [0.05, 0.1) is 6.54 Å². The van der Waals surface area contributed by atoms with Crippen LogP contribution in [0.5, 0.6) is 0 Å². The minimum absolute atomic E-state index is 0.320. The van der Waals surface area contributed by atoms with E-state index in [0.29, 0.717) is 18.2 Å². The third kappa shape index (κ3) is 3.27. The number of hydrogen-bond acceptors (Lipinski definition) is 4. The molecule has 0 atom stereocenters. The van der Waals surface area contributed by atoms with Crippen molar-refractivity contribution >= 4 is 5.78 Å². The summed E-state index contributed by atoms with van der Waals surface area (Å²) in [5, 5.41) is 3.31. The van der Waals surface area contributed by atoms with Gasteiger partial charge in [0.2, 0.25) is 0 Å². The number of carbonyl (C=O) groups excluding carboxylic acids is 1. The molecule has 0 aromatic heterocycles. The molecule has 2 rings (SSSR count). The fraction of sp³-hybridized carbons (Fsp3) is 0.917. The maximum absolute atomic E-state index is 12.1. The lowest BCUT2D eigenvalue weighted by Gasteiger charge is -2.33. The van der Waals surface area contributed by atoms with Crippen molar-refractivity contribution in [1.29, 1.82) is 0 Å². The molecule has 92 valence electrons. The zero-order valence-corrected chi connectivity index (χ0v) is 10.2. The maximum atomic E-state index is 12.1. The van der Waals surface area contributed by atoms with E-state index in [1.54, 1.807) is 0 Å². The summed E-state index contributed by atoms with van der Waals surface area (Å²) in [6.07, 6.45) is 2.07. The first-order chi connectivity index (χ1) is 7.75. The summed E-state index contributed by atoms with van der Waals surface area (Å²) in [4.78, 5) is 16.7. The second-order valence-corrected chi connectivity index (χ2v) is 5.07. The number of Topliss-reactive ketones (excluding diaryl/α,β-unsaturated/α-hetero) is 1. The molecule has 0 amide bonds. The topological polar surface area (TPSA) is 35.6 Å². The molecule has 2 fully saturated rings. The van der Waals surface area contributed by atoms with Crippen molar-refractivity contribution in [3.05, 3.63) is 0 Å². The van der Waals surface area contributed by atoms with Gasteiger partial charge in [-0.25, -0.2) is 0 Å². The Morgan fingerprint density at radius 3 is 2.44 bits per heavy atom. The third-order valence-electron chi connectivity index (χ3n) is 3.77. The van der Waals surface area contributed by atoms with E-state index in [4.69, 9.17) is 0 Å². The van der Waals surface area contributed by atoms with Crippen molar-refractivity contribution in [2.75, 3.05) is 52.9 Å². The lowest BCUT2D eigenvalue weighted by Crippen LogP contribution is -2.47. The molecule has 2 aliphatic rings. The van der Waals surface area contributed by atoms with Crippen molar-refractivity contribution in [3.63, 3.8) is 0 Å². The minimum atomic E-state index is 0.320. The Labute approximate surface area is 98.0 Å². The Balaban J connectivity index is 1.73. The van der Waals surface area contributed by atoms with Crippen molar-refractivity contribution in [2.24, 2.45) is 5.92 Å². The molecule has 2 heterocycles. The molecule has 4 heteroatoms. The molecule has 0 bridgehead atoms. The van der Waals surface area contributed by atoms with Crippen LogP contribution in [0.15, 0.2) is 0 Å². The van der Waals surface area contributed by atoms with Gasteiger partial charge in [-0.1, -0.05) is 0 Å². The first-order valence-corrected chi connectivity index (χ1v) is 6.40. The molecule has 1 N–H and O–H groups in total. The monoisotopic (exact) mass is 225 g/mol. The highest BCUT2D eigenvalue weighted by atomic mass is 16.1. The van der Waals surface area contributed by atoms with E-state index in [0.717, 1.165) is 52.1 Å². The van der Waals surface area contributed by atoms with Crippen LogP contribution in [0.2, 0.25) is 0 Å². The molecular formula is C12H23N3O. The molecular weight excluding hydrogens is 202 g/mol. The molecule has 16 heavy (non-hydrogen) atoms. The summed E-state index contributed by atoms with van der Waals surface area (Å²) in [5.41, 5.74) is 0. The van der Waals surface area contributed by atoms with E-state index < -0.39 is 0 Å². The van der Waals surface area contributed by atoms with Crippen LogP contribution < -0.4 is 5.32 Å². The zero-order chi connectivity index (χ0) is 11.4. The molecule has 0 aromatic carbocycles. The van der Waals surface area contributed by atoms with E-state index in [1.807, 2.05) is 0 Å². The highest BCUT2D eigenvalue weighted by Gasteiger charge is 2.23. The zero-order valence-electron chi connectivity index (χ0n) is 10.2. The molecule has 2 aliphatic heterocycles. The molecule has 0 spiro atoms. The first kappa shape index (κ1) is 12.0. The van der Waals surface area contributed by atoms with E-state index in [9.17, 15) is 4.79 Å². The molecule has 4 nitrogen and oxygen atoms in total. The summed E-state index contributed by atoms with van der Waals surface area (Å²) >= 11 is 0. The summed E-state index contributed by atoms with van der Waals surface area (Å²) in [6, 6.07) is 0. The minimum Gasteiger partial charge on any atom is -0.317 e. The van der Waals surface area contributed by atoms with Crippen LogP contribution in [0.1, 0.15) is 12.8 Å². The van der Waals surface area contributed by atoms with Crippen LogP contribution >= 0.6 is 0 Å². The van der Waals surface area contributed by atoms with Gasteiger partial charge in [0.15, 0.2) is 0 Å². The number of rotatable bonds is 3. The van der Waals surface area contributed by atoms with Gasteiger partial charge in [0.25, 0.3) is 0 Å². The van der Waals surface area contributed by atoms with Crippen LogP contribution in [0.3, 0.4) is 0 Å². The normalized spacial score (nSPS) is 25.8. The third-order valence-corrected chi connectivity index (χ3v) is 3.77. The highest BCUT2D eigenvalue weighted by Crippen LogP contribution is 2.13. The van der Waals surface area contributed by atoms with Crippen LogP contribution in [-0.4, -0.2) is 68.4 Å². The van der Waals surface area contributed by atoms with Gasteiger partial charge in [-0.15, -0.1) is 0 Å². The molecule has 0 saturated carbocycles. The number of likely N-dealkylation sites (N-methyl/N-ethyl adjacent to an activating group) is 1. The van der Waals surface area contributed by atoms with Gasteiger partial charge < -0.3 is 10.2 Å². The van der Waals surface area contributed by atoms with Crippen molar-refractivity contribution in [2.45, 2.75) is 12.8 Å². The average molecular weight is 225 g/mol. The van der Waals surface area contributed by atoms with E-state index >= 15 is 0 Å². The number of nitrogens with zero attached hydrogens (tertiary/aromatic N) is 2. The number of carbonyl (C=O) groups is 1. The first-order valence-electron chi connectivity index (χ1n) is 6.40. The van der Waals surface area contributed by atoms with Crippen LogP contribution in [0.4, 0.5) is 0 Å². The van der Waals surface area contributed by atoms with Gasteiger partial charge >= 0.3 is 0 Å². The van der Waals surface area contributed by atoms with Crippen molar-refractivity contribution < 1.29 is 4.79 Å². The Hall–Kier alpha value is -0.450. The van der Waals surface area contributed by atoms with Gasteiger partial charge in [-0.05, 0) is 33.0 Å². The Morgan fingerprint density at radius 1 is 1.19 bits per heavy atom. The molecule has 0 unspecified atom stereocenters. The predicted molar refractivity (Wildman–Crippen MR) is 64.5 cm³/mol.